The second-order valence-electron chi connectivity index (χ2n) is 3.22. The highest BCUT2D eigenvalue weighted by atomic mass is 16.3. The quantitative estimate of drug-likeness (QED) is 0.725. The molecule has 0 fully saturated rings. The summed E-state index contributed by atoms with van der Waals surface area (Å²) in [6, 6.07) is 5.59. The Balaban J connectivity index is 2.45. The van der Waals surface area contributed by atoms with E-state index < -0.39 is 0 Å². The lowest BCUT2D eigenvalue weighted by Gasteiger charge is -2.03. The van der Waals surface area contributed by atoms with Crippen molar-refractivity contribution in [1.29, 1.82) is 0 Å². The number of phenolic OH excluding ortho intramolecular Hbond substituents is 1. The van der Waals surface area contributed by atoms with Gasteiger partial charge in [0.05, 0.1) is 0 Å². The first-order valence-corrected chi connectivity index (χ1v) is 4.54. The smallest absolute Gasteiger partial charge is 0.128 e. The van der Waals surface area contributed by atoms with Crippen LogP contribution in [0.15, 0.2) is 24.4 Å². The zero-order valence-electron chi connectivity index (χ0n) is 7.66. The number of nitrogens with one attached hydrogen (secondary N) is 1. The minimum atomic E-state index is 0.283. The van der Waals surface area contributed by atoms with E-state index >= 15 is 0 Å². The van der Waals surface area contributed by atoms with Crippen LogP contribution in [0.1, 0.15) is 12.0 Å². The molecule has 3 heteroatoms. The van der Waals surface area contributed by atoms with Crippen LogP contribution < -0.4 is 0 Å². The number of aromatic nitrogens is 1. The van der Waals surface area contributed by atoms with Crippen LogP contribution in [0.5, 0.6) is 5.75 Å². The van der Waals surface area contributed by atoms with E-state index in [0.29, 0.717) is 12.8 Å². The van der Waals surface area contributed by atoms with Gasteiger partial charge in [0, 0.05) is 23.5 Å². The Bertz CT molecular complexity index is 459. The predicted molar refractivity (Wildman–Crippen MR) is 54.3 cm³/mol. The minimum absolute atomic E-state index is 0.283. The number of benzene rings is 1. The minimum Gasteiger partial charge on any atom is -0.507 e. The normalized spacial score (nSPS) is 10.6. The third-order valence-corrected chi connectivity index (χ3v) is 2.32. The molecule has 0 amide bonds. The number of aromatic amines is 1. The van der Waals surface area contributed by atoms with E-state index in [-0.39, 0.29) is 5.75 Å². The summed E-state index contributed by atoms with van der Waals surface area (Å²) in [4.78, 5) is 13.2. The molecular formula is C11H11NO2. The molecule has 0 atom stereocenters. The zero-order valence-corrected chi connectivity index (χ0v) is 7.66. The van der Waals surface area contributed by atoms with E-state index in [0.717, 1.165) is 22.8 Å². The maximum atomic E-state index is 10.2. The zero-order chi connectivity index (χ0) is 9.97. The molecule has 0 bridgehead atoms. The van der Waals surface area contributed by atoms with Crippen molar-refractivity contribution >= 4 is 17.2 Å². The lowest BCUT2D eigenvalue weighted by Crippen LogP contribution is -1.87. The van der Waals surface area contributed by atoms with Crippen LogP contribution in [-0.4, -0.2) is 16.4 Å². The van der Waals surface area contributed by atoms with Crippen molar-refractivity contribution in [1.82, 2.24) is 4.98 Å². The summed E-state index contributed by atoms with van der Waals surface area (Å²) >= 11 is 0. The average molecular weight is 189 g/mol. The predicted octanol–water partition coefficient (Wildman–Crippen LogP) is 2.01. The van der Waals surface area contributed by atoms with Crippen molar-refractivity contribution in [3.63, 3.8) is 0 Å². The Kier molecular flexibility index (Phi) is 2.23. The van der Waals surface area contributed by atoms with Gasteiger partial charge < -0.3 is 14.9 Å². The molecule has 2 rings (SSSR count). The number of aromatic hydroxyl groups is 1. The second kappa shape index (κ2) is 3.54. The number of aryl methyl sites for hydroxylation is 1. The van der Waals surface area contributed by atoms with Crippen LogP contribution >= 0.6 is 0 Å². The Hall–Kier alpha value is -1.77. The van der Waals surface area contributed by atoms with Gasteiger partial charge in [-0.2, -0.15) is 0 Å². The fraction of sp³-hybridized carbons (Fsp3) is 0.182. The molecule has 0 aliphatic rings. The van der Waals surface area contributed by atoms with Crippen molar-refractivity contribution in [2.24, 2.45) is 0 Å². The molecule has 72 valence electrons. The highest BCUT2D eigenvalue weighted by Crippen LogP contribution is 2.28. The van der Waals surface area contributed by atoms with Crippen molar-refractivity contribution in [3.8, 4) is 5.75 Å². The maximum Gasteiger partial charge on any atom is 0.128 e. The SMILES string of the molecule is O=CCCc1ccc2[nH]ccc2c1O. The van der Waals surface area contributed by atoms with E-state index in [1.807, 2.05) is 18.2 Å². The number of fused-ring (bicyclic) bond motifs is 1. The lowest BCUT2D eigenvalue weighted by atomic mass is 10.1. The monoisotopic (exact) mass is 189 g/mol. The molecule has 1 aromatic heterocycles. The first-order valence-electron chi connectivity index (χ1n) is 4.54. The number of hydrogen-bond donors (Lipinski definition) is 2. The van der Waals surface area contributed by atoms with Crippen molar-refractivity contribution in [2.75, 3.05) is 0 Å². The van der Waals surface area contributed by atoms with Gasteiger partial charge in [0.25, 0.3) is 0 Å². The number of aldehydes is 1. The molecule has 0 aliphatic carbocycles. The molecule has 1 aromatic carbocycles. The van der Waals surface area contributed by atoms with Crippen molar-refractivity contribution in [3.05, 3.63) is 30.0 Å². The molecule has 3 nitrogen and oxygen atoms in total. The summed E-state index contributed by atoms with van der Waals surface area (Å²) < 4.78 is 0. The highest BCUT2D eigenvalue weighted by molar-refractivity contribution is 5.86. The van der Waals surface area contributed by atoms with Gasteiger partial charge in [0.2, 0.25) is 0 Å². The van der Waals surface area contributed by atoms with Crippen LogP contribution in [0, 0.1) is 0 Å². The number of phenols is 1. The Morgan fingerprint density at radius 1 is 1.36 bits per heavy atom. The van der Waals surface area contributed by atoms with E-state index in [9.17, 15) is 9.90 Å². The molecule has 0 saturated carbocycles. The average Bonchev–Trinajstić information content (AvgIpc) is 2.66. The van der Waals surface area contributed by atoms with Gasteiger partial charge in [-0.15, -0.1) is 0 Å². The summed E-state index contributed by atoms with van der Waals surface area (Å²) in [6.07, 6.45) is 3.69. The molecule has 0 saturated heterocycles. The highest BCUT2D eigenvalue weighted by Gasteiger charge is 2.05. The van der Waals surface area contributed by atoms with Crippen LogP contribution in [0.2, 0.25) is 0 Å². The number of carbonyl (C=O) groups is 1. The molecule has 0 radical (unpaired) electrons. The Labute approximate surface area is 81.4 Å². The van der Waals surface area contributed by atoms with Gasteiger partial charge in [-0.1, -0.05) is 6.07 Å². The number of H-pyrrole nitrogens is 1. The summed E-state index contributed by atoms with van der Waals surface area (Å²) in [5.41, 5.74) is 1.74. The molecule has 0 aliphatic heterocycles. The van der Waals surface area contributed by atoms with Crippen LogP contribution in [0.25, 0.3) is 10.9 Å². The van der Waals surface area contributed by atoms with E-state index in [1.54, 1.807) is 6.20 Å². The number of hydrogen-bond acceptors (Lipinski definition) is 2. The van der Waals surface area contributed by atoms with Crippen LogP contribution in [0.3, 0.4) is 0 Å². The first kappa shape index (κ1) is 8.81. The molecule has 14 heavy (non-hydrogen) atoms. The molecular weight excluding hydrogens is 178 g/mol. The van der Waals surface area contributed by atoms with E-state index in [2.05, 4.69) is 4.98 Å². The molecule has 0 unspecified atom stereocenters. The third-order valence-electron chi connectivity index (χ3n) is 2.32. The summed E-state index contributed by atoms with van der Waals surface area (Å²) in [5, 5.41) is 10.6. The second-order valence-corrected chi connectivity index (χ2v) is 3.22. The molecule has 1 heterocycles. The van der Waals surface area contributed by atoms with Gasteiger partial charge in [0.1, 0.15) is 12.0 Å². The van der Waals surface area contributed by atoms with Crippen molar-refractivity contribution in [2.45, 2.75) is 12.8 Å². The van der Waals surface area contributed by atoms with Crippen molar-refractivity contribution < 1.29 is 9.90 Å². The largest absolute Gasteiger partial charge is 0.507 e. The number of carbonyl (C=O) groups excluding carboxylic acids is 1. The topological polar surface area (TPSA) is 53.1 Å². The van der Waals surface area contributed by atoms with Gasteiger partial charge in [-0.05, 0) is 24.1 Å². The van der Waals surface area contributed by atoms with Gasteiger partial charge in [0.15, 0.2) is 0 Å². The summed E-state index contributed by atoms with van der Waals surface area (Å²) in [7, 11) is 0. The first-order chi connectivity index (χ1) is 6.83. The van der Waals surface area contributed by atoms with E-state index in [4.69, 9.17) is 0 Å². The standard InChI is InChI=1S/C11H11NO2/c13-7-1-2-8-3-4-10-9(11(8)14)5-6-12-10/h3-7,12,14H,1-2H2. The van der Waals surface area contributed by atoms with Crippen LogP contribution in [-0.2, 0) is 11.2 Å². The summed E-state index contributed by atoms with van der Waals surface area (Å²) in [5.74, 6) is 0.283. The maximum absolute atomic E-state index is 10.2. The molecule has 0 spiro atoms. The van der Waals surface area contributed by atoms with E-state index in [1.165, 1.54) is 0 Å². The fourth-order valence-corrected chi connectivity index (χ4v) is 1.58. The Morgan fingerprint density at radius 3 is 3.00 bits per heavy atom. The van der Waals surface area contributed by atoms with Gasteiger partial charge in [-0.25, -0.2) is 0 Å². The fourth-order valence-electron chi connectivity index (χ4n) is 1.58. The van der Waals surface area contributed by atoms with Gasteiger partial charge in [-0.3, -0.25) is 0 Å². The Morgan fingerprint density at radius 2 is 2.21 bits per heavy atom. The van der Waals surface area contributed by atoms with Gasteiger partial charge >= 0.3 is 0 Å². The molecule has 2 N–H and O–H groups in total. The van der Waals surface area contributed by atoms with Crippen LogP contribution in [0.4, 0.5) is 0 Å². The lowest BCUT2D eigenvalue weighted by molar-refractivity contribution is -0.107. The summed E-state index contributed by atoms with van der Waals surface area (Å²) in [6.45, 7) is 0. The third kappa shape index (κ3) is 1.37. The number of rotatable bonds is 3. The molecule has 2 aromatic rings.